The molecule has 1 atom stereocenters. The van der Waals surface area contributed by atoms with Crippen molar-refractivity contribution in [3.63, 3.8) is 0 Å². The molecule has 0 aliphatic heterocycles. The lowest BCUT2D eigenvalue weighted by atomic mass is 9.49. The number of hydrogen-bond acceptors (Lipinski definition) is 0. The summed E-state index contributed by atoms with van der Waals surface area (Å²) in [6.45, 7) is 24.0. The predicted molar refractivity (Wildman–Crippen MR) is 87.7 cm³/mol. The lowest BCUT2D eigenvalue weighted by Gasteiger charge is -2.39. The number of allylic oxidation sites excluding steroid dienone is 4. The summed E-state index contributed by atoms with van der Waals surface area (Å²) in [4.78, 5) is 0. The zero-order valence-electron chi connectivity index (χ0n) is 13.6. The molecule has 18 heavy (non-hydrogen) atoms. The van der Waals surface area contributed by atoms with Gasteiger partial charge in [-0.3, -0.25) is 0 Å². The standard InChI is InChI=1S/C17H31B/c1-10-11-15(13(2)3)14(4)18-12-17(8,9)16(5,6)7/h10-11,14,18H,1-2,12H2,3-9H3/b15-11-. The third-order valence-electron chi connectivity index (χ3n) is 4.55. The maximum atomic E-state index is 4.07. The van der Waals surface area contributed by atoms with Gasteiger partial charge in [-0.25, -0.2) is 0 Å². The van der Waals surface area contributed by atoms with Crippen molar-refractivity contribution in [1.29, 1.82) is 0 Å². The van der Waals surface area contributed by atoms with Crippen LogP contribution in [-0.4, -0.2) is 7.28 Å². The van der Waals surface area contributed by atoms with Crippen LogP contribution in [-0.2, 0) is 0 Å². The van der Waals surface area contributed by atoms with Crippen molar-refractivity contribution < 1.29 is 0 Å². The largest absolute Gasteiger partial charge is 0.129 e. The Morgan fingerprint density at radius 1 is 1.22 bits per heavy atom. The van der Waals surface area contributed by atoms with Crippen LogP contribution in [0, 0.1) is 10.8 Å². The SMILES string of the molecule is C=C/C=C(/C(=C)C)C(C)BCC(C)(C)C(C)(C)C. The van der Waals surface area contributed by atoms with E-state index in [1.54, 1.807) is 0 Å². The maximum absolute atomic E-state index is 4.07. The first-order valence-electron chi connectivity index (χ1n) is 7.01. The van der Waals surface area contributed by atoms with Crippen molar-refractivity contribution in [1.82, 2.24) is 0 Å². The van der Waals surface area contributed by atoms with Gasteiger partial charge in [-0.15, -0.1) is 0 Å². The predicted octanol–water partition coefficient (Wildman–Crippen LogP) is 5.41. The van der Waals surface area contributed by atoms with E-state index in [-0.39, 0.29) is 0 Å². The number of hydrogen-bond donors (Lipinski definition) is 0. The smallest absolute Gasteiger partial charge is 0.0991 e. The lowest BCUT2D eigenvalue weighted by Crippen LogP contribution is -2.31. The summed E-state index contributed by atoms with van der Waals surface area (Å²) in [5.74, 6) is 0.558. The molecule has 0 aliphatic rings. The Kier molecular flexibility index (Phi) is 6.19. The van der Waals surface area contributed by atoms with Crippen molar-refractivity contribution in [2.24, 2.45) is 10.8 Å². The van der Waals surface area contributed by atoms with Gasteiger partial charge in [0.1, 0.15) is 7.28 Å². The molecule has 0 saturated carbocycles. The van der Waals surface area contributed by atoms with Crippen LogP contribution in [0.5, 0.6) is 0 Å². The van der Waals surface area contributed by atoms with Crippen LogP contribution >= 0.6 is 0 Å². The molecule has 0 radical (unpaired) electrons. The zero-order chi connectivity index (χ0) is 14.6. The minimum Gasteiger partial charge on any atom is -0.0991 e. The molecule has 1 heteroatoms. The molecule has 0 aromatic rings. The van der Waals surface area contributed by atoms with Gasteiger partial charge in [0.15, 0.2) is 0 Å². The summed E-state index contributed by atoms with van der Waals surface area (Å²) >= 11 is 0. The zero-order valence-corrected chi connectivity index (χ0v) is 13.6. The van der Waals surface area contributed by atoms with Gasteiger partial charge in [-0.05, 0) is 23.6 Å². The maximum Gasteiger partial charge on any atom is 0.129 e. The topological polar surface area (TPSA) is 0 Å². The van der Waals surface area contributed by atoms with Crippen LogP contribution in [0.2, 0.25) is 12.1 Å². The van der Waals surface area contributed by atoms with Crippen LogP contribution in [0.15, 0.2) is 36.5 Å². The average Bonchev–Trinajstić information content (AvgIpc) is 2.20. The van der Waals surface area contributed by atoms with Gasteiger partial charge in [-0.2, -0.15) is 0 Å². The van der Waals surface area contributed by atoms with E-state index < -0.39 is 0 Å². The molecule has 0 saturated heterocycles. The van der Waals surface area contributed by atoms with E-state index >= 15 is 0 Å². The van der Waals surface area contributed by atoms with Gasteiger partial charge in [0.25, 0.3) is 0 Å². The summed E-state index contributed by atoms with van der Waals surface area (Å²) in [5.41, 5.74) is 3.21. The van der Waals surface area contributed by atoms with Crippen LogP contribution in [0.3, 0.4) is 0 Å². The van der Waals surface area contributed by atoms with Crippen molar-refractivity contribution in [2.75, 3.05) is 0 Å². The highest BCUT2D eigenvalue weighted by Crippen LogP contribution is 2.42. The first-order chi connectivity index (χ1) is 8.03. The Morgan fingerprint density at radius 2 is 1.72 bits per heavy atom. The Hall–Kier alpha value is -0.715. The van der Waals surface area contributed by atoms with Crippen molar-refractivity contribution in [3.05, 3.63) is 36.5 Å². The third-order valence-corrected chi connectivity index (χ3v) is 4.55. The Labute approximate surface area is 115 Å². The Balaban J connectivity index is 4.69. The summed E-state index contributed by atoms with van der Waals surface area (Å²) in [6, 6.07) is 0. The van der Waals surface area contributed by atoms with E-state index in [2.05, 4.69) is 67.7 Å². The Morgan fingerprint density at radius 3 is 2.06 bits per heavy atom. The van der Waals surface area contributed by atoms with E-state index in [0.717, 1.165) is 5.57 Å². The Bertz CT molecular complexity index is 326. The van der Waals surface area contributed by atoms with E-state index in [1.807, 2.05) is 6.08 Å². The quantitative estimate of drug-likeness (QED) is 0.434. The molecule has 0 aliphatic carbocycles. The minimum absolute atomic E-state index is 0.345. The fourth-order valence-electron chi connectivity index (χ4n) is 1.96. The fraction of sp³-hybridized carbons (Fsp3) is 0.647. The van der Waals surface area contributed by atoms with Crippen molar-refractivity contribution >= 4 is 7.28 Å². The molecule has 0 bridgehead atoms. The molecule has 1 unspecified atom stereocenters. The van der Waals surface area contributed by atoms with E-state index in [0.29, 0.717) is 16.6 Å². The first-order valence-corrected chi connectivity index (χ1v) is 7.01. The first kappa shape index (κ1) is 17.3. The third kappa shape index (κ3) is 4.88. The number of rotatable bonds is 6. The van der Waals surface area contributed by atoms with Crippen LogP contribution in [0.4, 0.5) is 0 Å². The summed E-state index contributed by atoms with van der Waals surface area (Å²) in [5, 5.41) is 0. The summed E-state index contributed by atoms with van der Waals surface area (Å²) in [6.07, 6.45) is 5.21. The lowest BCUT2D eigenvalue weighted by molar-refractivity contribution is 0.156. The van der Waals surface area contributed by atoms with Crippen molar-refractivity contribution in [3.8, 4) is 0 Å². The second-order valence-electron chi connectivity index (χ2n) is 7.21. The van der Waals surface area contributed by atoms with Gasteiger partial charge in [0.2, 0.25) is 0 Å². The van der Waals surface area contributed by atoms with Crippen LogP contribution in [0.25, 0.3) is 0 Å². The molecule has 0 fully saturated rings. The molecule has 0 nitrogen and oxygen atoms in total. The highest BCUT2D eigenvalue weighted by atomic mass is 14.3. The second-order valence-corrected chi connectivity index (χ2v) is 7.21. The average molecular weight is 246 g/mol. The summed E-state index contributed by atoms with van der Waals surface area (Å²) < 4.78 is 0. The second kappa shape index (κ2) is 6.45. The van der Waals surface area contributed by atoms with E-state index in [4.69, 9.17) is 0 Å². The van der Waals surface area contributed by atoms with Crippen LogP contribution < -0.4 is 0 Å². The van der Waals surface area contributed by atoms with E-state index in [1.165, 1.54) is 19.2 Å². The van der Waals surface area contributed by atoms with Gasteiger partial charge < -0.3 is 0 Å². The molecule has 0 heterocycles. The highest BCUT2D eigenvalue weighted by Gasteiger charge is 2.32. The molecule has 0 aromatic carbocycles. The van der Waals surface area contributed by atoms with Crippen molar-refractivity contribution in [2.45, 2.75) is 60.6 Å². The molecular weight excluding hydrogens is 215 g/mol. The molecule has 0 N–H and O–H groups in total. The molecular formula is C17H31B. The molecule has 0 spiro atoms. The monoisotopic (exact) mass is 246 g/mol. The summed E-state index contributed by atoms with van der Waals surface area (Å²) in [7, 11) is 1.21. The van der Waals surface area contributed by atoms with Gasteiger partial charge >= 0.3 is 0 Å². The normalized spacial score (nSPS) is 15.2. The molecule has 0 aromatic heterocycles. The molecule has 102 valence electrons. The van der Waals surface area contributed by atoms with Gasteiger partial charge in [-0.1, -0.05) is 84.3 Å². The van der Waals surface area contributed by atoms with Gasteiger partial charge in [0, 0.05) is 0 Å². The minimum atomic E-state index is 0.345. The highest BCUT2D eigenvalue weighted by molar-refractivity contribution is 6.39. The van der Waals surface area contributed by atoms with Crippen LogP contribution in [0.1, 0.15) is 48.5 Å². The molecule has 0 amide bonds. The van der Waals surface area contributed by atoms with E-state index in [9.17, 15) is 0 Å². The van der Waals surface area contributed by atoms with Gasteiger partial charge in [0.05, 0.1) is 0 Å². The molecule has 0 rings (SSSR count). The fourth-order valence-corrected chi connectivity index (χ4v) is 1.96.